The second kappa shape index (κ2) is 32.3. The lowest BCUT2D eigenvalue weighted by molar-refractivity contribution is 0.00933. The molecule has 0 aromatic carbocycles. The lowest BCUT2D eigenvalue weighted by atomic mass is 10.4. The fraction of sp³-hybridized carbons (Fsp3) is 1.00. The van der Waals surface area contributed by atoms with Gasteiger partial charge >= 0.3 is 0 Å². The number of hydrogen-bond acceptors (Lipinski definition) is 11. The van der Waals surface area contributed by atoms with Gasteiger partial charge in [0, 0.05) is 28.4 Å². The Kier molecular flexibility index (Phi) is 41.1. The summed E-state index contributed by atoms with van der Waals surface area (Å²) in [7, 11) is 5.94. The Hall–Kier alpha value is -0.440. The quantitative estimate of drug-likeness (QED) is 0.186. The van der Waals surface area contributed by atoms with Crippen LogP contribution in [0.3, 0.4) is 0 Å². The third-order valence-electron chi connectivity index (χ3n) is 2.18. The van der Waals surface area contributed by atoms with Crippen molar-refractivity contribution in [2.24, 2.45) is 0 Å². The maximum Gasteiger partial charge on any atom is 0.103 e. The number of ether oxygens (including phenoxy) is 4. The van der Waals surface area contributed by atoms with Crippen LogP contribution in [0, 0.1) is 0 Å². The Balaban J connectivity index is -0.000000125. The van der Waals surface area contributed by atoms with Crippen molar-refractivity contribution in [3.05, 3.63) is 0 Å². The molecule has 2 atom stereocenters. The highest BCUT2D eigenvalue weighted by molar-refractivity contribution is 4.48. The Labute approximate surface area is 155 Å². The van der Waals surface area contributed by atoms with Crippen LogP contribution in [-0.4, -0.2) is 135 Å². The molecule has 0 aliphatic heterocycles. The van der Waals surface area contributed by atoms with Gasteiger partial charge in [-0.15, -0.1) is 0 Å². The molecule has 0 radical (unpaired) electrons. The number of aliphatic hydroxyl groups is 7. The van der Waals surface area contributed by atoms with Gasteiger partial charge in [-0.1, -0.05) is 0 Å². The SMILES string of the molecule is COC(CO)CO.COCCO.COC[C@@H](O)CO.COC[C@H](O)CO. The Morgan fingerprint density at radius 1 is 0.615 bits per heavy atom. The maximum absolute atomic E-state index is 8.48. The zero-order chi connectivity index (χ0) is 21.2. The van der Waals surface area contributed by atoms with Gasteiger partial charge in [0.25, 0.3) is 0 Å². The van der Waals surface area contributed by atoms with Gasteiger partial charge < -0.3 is 54.7 Å². The topological polar surface area (TPSA) is 179 Å². The maximum atomic E-state index is 8.48. The molecule has 0 amide bonds. The highest BCUT2D eigenvalue weighted by Gasteiger charge is 1.99. The molecule has 0 aliphatic carbocycles. The summed E-state index contributed by atoms with van der Waals surface area (Å²) in [5.41, 5.74) is 0. The molecule has 0 aromatic heterocycles. The molecule has 0 saturated heterocycles. The number of hydrogen-bond donors (Lipinski definition) is 7. The molecular formula is C15H38O11. The largest absolute Gasteiger partial charge is 0.394 e. The third kappa shape index (κ3) is 38.9. The number of rotatable bonds is 11. The molecule has 0 saturated carbocycles. The molecule has 0 rings (SSSR count). The average molecular weight is 394 g/mol. The molecule has 0 bridgehead atoms. The Bertz CT molecular complexity index is 187. The standard InChI is InChI=1S/3C4H10O3.C3H8O2/c2*1-7-3-4(6)2-5;1-7-4(2-5)3-6;1-5-3-2-4/h3*4-6H,2-3H2,1H3;4H,2-3H2,1H3/t2*4-;;/m10../s1. The average Bonchev–Trinajstić information content (AvgIpc) is 2.65. The van der Waals surface area contributed by atoms with Crippen molar-refractivity contribution in [3.8, 4) is 0 Å². The van der Waals surface area contributed by atoms with E-state index in [9.17, 15) is 0 Å². The van der Waals surface area contributed by atoms with Crippen LogP contribution in [0.4, 0.5) is 0 Å². The van der Waals surface area contributed by atoms with Crippen LogP contribution >= 0.6 is 0 Å². The van der Waals surface area contributed by atoms with Crippen molar-refractivity contribution in [1.29, 1.82) is 0 Å². The minimum Gasteiger partial charge on any atom is -0.394 e. The number of aliphatic hydroxyl groups excluding tert-OH is 7. The first-order chi connectivity index (χ1) is 12.4. The fourth-order valence-corrected chi connectivity index (χ4v) is 0.788. The van der Waals surface area contributed by atoms with Crippen LogP contribution in [0.1, 0.15) is 0 Å². The molecule has 11 heteroatoms. The van der Waals surface area contributed by atoms with Gasteiger partial charge in [-0.25, -0.2) is 0 Å². The minimum atomic E-state index is -0.718. The van der Waals surface area contributed by atoms with Gasteiger partial charge in [-0.2, -0.15) is 0 Å². The smallest absolute Gasteiger partial charge is 0.103 e. The molecule has 164 valence electrons. The highest BCUT2D eigenvalue weighted by Crippen LogP contribution is 1.82. The van der Waals surface area contributed by atoms with E-state index in [0.29, 0.717) is 6.61 Å². The minimum absolute atomic E-state index is 0.118. The van der Waals surface area contributed by atoms with Crippen molar-refractivity contribution < 1.29 is 54.7 Å². The first-order valence-electron chi connectivity index (χ1n) is 7.78. The van der Waals surface area contributed by atoms with E-state index in [4.69, 9.17) is 35.7 Å². The molecule has 0 spiro atoms. The van der Waals surface area contributed by atoms with E-state index in [2.05, 4.69) is 18.9 Å². The summed E-state index contributed by atoms with van der Waals surface area (Å²) in [5, 5.41) is 57.7. The molecule has 0 fully saturated rings. The summed E-state index contributed by atoms with van der Waals surface area (Å²) in [6.07, 6.45) is -1.84. The molecule has 0 unspecified atom stereocenters. The van der Waals surface area contributed by atoms with E-state index in [1.54, 1.807) is 7.11 Å². The normalized spacial score (nSPS) is 12.0. The summed E-state index contributed by atoms with van der Waals surface area (Å²) in [4.78, 5) is 0. The zero-order valence-corrected chi connectivity index (χ0v) is 16.2. The predicted octanol–water partition coefficient (Wildman–Crippen LogP) is -3.42. The molecule has 0 aliphatic rings. The molecule has 26 heavy (non-hydrogen) atoms. The highest BCUT2D eigenvalue weighted by atomic mass is 16.5. The van der Waals surface area contributed by atoms with Crippen LogP contribution in [0.2, 0.25) is 0 Å². The molecule has 0 aromatic rings. The molecule has 11 nitrogen and oxygen atoms in total. The first kappa shape index (κ1) is 33.2. The van der Waals surface area contributed by atoms with E-state index in [1.165, 1.54) is 21.3 Å². The third-order valence-corrected chi connectivity index (χ3v) is 2.18. The Morgan fingerprint density at radius 3 is 1.04 bits per heavy atom. The van der Waals surface area contributed by atoms with Gasteiger partial charge in [-0.3, -0.25) is 0 Å². The second-order valence-electron chi connectivity index (χ2n) is 4.52. The summed E-state index contributed by atoms with van der Waals surface area (Å²) in [6, 6.07) is 0. The van der Waals surface area contributed by atoms with Crippen molar-refractivity contribution in [2.45, 2.75) is 18.3 Å². The van der Waals surface area contributed by atoms with Gasteiger partial charge in [0.05, 0.1) is 52.9 Å². The zero-order valence-electron chi connectivity index (χ0n) is 16.2. The Morgan fingerprint density at radius 2 is 1.00 bits per heavy atom. The molecular weight excluding hydrogens is 356 g/mol. The summed E-state index contributed by atoms with van der Waals surface area (Å²) < 4.78 is 18.0. The van der Waals surface area contributed by atoms with E-state index < -0.39 is 18.3 Å². The van der Waals surface area contributed by atoms with Gasteiger partial charge in [0.1, 0.15) is 18.3 Å². The van der Waals surface area contributed by atoms with Gasteiger partial charge in [0.2, 0.25) is 0 Å². The monoisotopic (exact) mass is 394 g/mol. The lowest BCUT2D eigenvalue weighted by Crippen LogP contribution is -2.19. The predicted molar refractivity (Wildman–Crippen MR) is 93.9 cm³/mol. The lowest BCUT2D eigenvalue weighted by Gasteiger charge is -2.05. The van der Waals surface area contributed by atoms with Crippen molar-refractivity contribution in [2.75, 3.05) is 81.3 Å². The fourth-order valence-electron chi connectivity index (χ4n) is 0.788. The molecule has 0 heterocycles. The van der Waals surface area contributed by atoms with Crippen molar-refractivity contribution >= 4 is 0 Å². The second-order valence-corrected chi connectivity index (χ2v) is 4.52. The first-order valence-corrected chi connectivity index (χ1v) is 7.78. The van der Waals surface area contributed by atoms with Crippen LogP contribution in [-0.2, 0) is 18.9 Å². The van der Waals surface area contributed by atoms with E-state index in [-0.39, 0.29) is 46.2 Å². The van der Waals surface area contributed by atoms with E-state index in [0.717, 1.165) is 0 Å². The summed E-state index contributed by atoms with van der Waals surface area (Å²) in [6.45, 7) is 0.283. The van der Waals surface area contributed by atoms with Gasteiger partial charge in [0.15, 0.2) is 0 Å². The van der Waals surface area contributed by atoms with Crippen LogP contribution in [0.25, 0.3) is 0 Å². The molecule has 7 N–H and O–H groups in total. The summed E-state index contributed by atoms with van der Waals surface area (Å²) >= 11 is 0. The number of methoxy groups -OCH3 is 4. The van der Waals surface area contributed by atoms with Crippen LogP contribution in [0.15, 0.2) is 0 Å². The van der Waals surface area contributed by atoms with E-state index in [1.807, 2.05) is 0 Å². The van der Waals surface area contributed by atoms with Crippen molar-refractivity contribution in [3.63, 3.8) is 0 Å². The van der Waals surface area contributed by atoms with Crippen molar-refractivity contribution in [1.82, 2.24) is 0 Å². The van der Waals surface area contributed by atoms with Gasteiger partial charge in [-0.05, 0) is 0 Å². The van der Waals surface area contributed by atoms with Crippen LogP contribution < -0.4 is 0 Å². The summed E-state index contributed by atoms with van der Waals surface area (Å²) in [5.74, 6) is 0. The van der Waals surface area contributed by atoms with Crippen LogP contribution in [0.5, 0.6) is 0 Å². The van der Waals surface area contributed by atoms with E-state index >= 15 is 0 Å².